The van der Waals surface area contributed by atoms with E-state index in [1.165, 1.54) is 17.0 Å². The SMILES string of the molecule is CC(C)CN1C(=O)c2ccc(C(=O)Nc3ccc4c(c3)OCCO4)cc2C1=O. The molecule has 1 N–H and O–H groups in total. The van der Waals surface area contributed by atoms with Crippen LogP contribution in [-0.4, -0.2) is 42.4 Å². The highest BCUT2D eigenvalue weighted by Crippen LogP contribution is 2.33. The van der Waals surface area contributed by atoms with Crippen LogP contribution in [0.1, 0.15) is 44.9 Å². The van der Waals surface area contributed by atoms with Gasteiger partial charge in [-0.1, -0.05) is 13.8 Å². The summed E-state index contributed by atoms with van der Waals surface area (Å²) in [6, 6.07) is 9.71. The van der Waals surface area contributed by atoms with Gasteiger partial charge in [-0.15, -0.1) is 0 Å². The smallest absolute Gasteiger partial charge is 0.261 e. The summed E-state index contributed by atoms with van der Waals surface area (Å²) < 4.78 is 11.0. The van der Waals surface area contributed by atoms with Crippen molar-refractivity contribution in [2.24, 2.45) is 5.92 Å². The van der Waals surface area contributed by atoms with Crippen LogP contribution in [0.5, 0.6) is 11.5 Å². The molecule has 0 radical (unpaired) electrons. The zero-order valence-electron chi connectivity index (χ0n) is 15.7. The average molecular weight is 380 g/mol. The molecule has 0 fully saturated rings. The molecule has 0 atom stereocenters. The Morgan fingerprint density at radius 1 is 1.00 bits per heavy atom. The molecule has 2 aromatic carbocycles. The molecule has 28 heavy (non-hydrogen) atoms. The zero-order chi connectivity index (χ0) is 19.8. The standard InChI is InChI=1S/C21H20N2O5/c1-12(2)11-23-20(25)15-5-3-13(9-16(15)21(23)26)19(24)22-14-4-6-17-18(10-14)28-8-7-27-17/h3-6,9-10,12H,7-8,11H2,1-2H3,(H,22,24). The third-order valence-electron chi connectivity index (χ3n) is 4.58. The lowest BCUT2D eigenvalue weighted by Gasteiger charge is -2.19. The van der Waals surface area contributed by atoms with Crippen molar-refractivity contribution < 1.29 is 23.9 Å². The summed E-state index contributed by atoms with van der Waals surface area (Å²) in [6.07, 6.45) is 0. The van der Waals surface area contributed by atoms with Gasteiger partial charge in [0.1, 0.15) is 13.2 Å². The number of anilines is 1. The van der Waals surface area contributed by atoms with Crippen LogP contribution in [0.2, 0.25) is 0 Å². The van der Waals surface area contributed by atoms with Gasteiger partial charge in [0.2, 0.25) is 0 Å². The summed E-state index contributed by atoms with van der Waals surface area (Å²) in [7, 11) is 0. The lowest BCUT2D eigenvalue weighted by molar-refractivity contribution is 0.0636. The van der Waals surface area contributed by atoms with Crippen molar-refractivity contribution in [1.82, 2.24) is 4.90 Å². The maximum absolute atomic E-state index is 12.6. The molecule has 0 saturated carbocycles. The topological polar surface area (TPSA) is 84.9 Å². The van der Waals surface area contributed by atoms with Gasteiger partial charge in [-0.25, -0.2) is 0 Å². The minimum Gasteiger partial charge on any atom is -0.486 e. The molecule has 0 unspecified atom stereocenters. The summed E-state index contributed by atoms with van der Waals surface area (Å²) in [4.78, 5) is 38.9. The van der Waals surface area contributed by atoms with E-state index in [0.29, 0.717) is 48.1 Å². The number of fused-ring (bicyclic) bond motifs is 2. The second kappa shape index (κ2) is 6.99. The maximum Gasteiger partial charge on any atom is 0.261 e. The van der Waals surface area contributed by atoms with E-state index in [4.69, 9.17) is 9.47 Å². The van der Waals surface area contributed by atoms with Crippen LogP contribution >= 0.6 is 0 Å². The number of carbonyl (C=O) groups is 3. The molecule has 2 aliphatic rings. The van der Waals surface area contributed by atoms with E-state index in [2.05, 4.69) is 5.32 Å². The molecule has 0 aliphatic carbocycles. The Kier molecular flexibility index (Phi) is 4.50. The first-order valence-electron chi connectivity index (χ1n) is 9.15. The van der Waals surface area contributed by atoms with Crippen molar-refractivity contribution in [2.45, 2.75) is 13.8 Å². The van der Waals surface area contributed by atoms with Crippen molar-refractivity contribution in [3.05, 3.63) is 53.1 Å². The number of ether oxygens (including phenoxy) is 2. The summed E-state index contributed by atoms with van der Waals surface area (Å²) >= 11 is 0. The number of benzene rings is 2. The van der Waals surface area contributed by atoms with Gasteiger partial charge in [0, 0.05) is 23.9 Å². The molecule has 0 aromatic heterocycles. The normalized spacial score (nSPS) is 15.0. The van der Waals surface area contributed by atoms with Crippen LogP contribution < -0.4 is 14.8 Å². The minimum atomic E-state index is -0.373. The van der Waals surface area contributed by atoms with Gasteiger partial charge in [0.15, 0.2) is 11.5 Å². The molecule has 144 valence electrons. The predicted octanol–water partition coefficient (Wildman–Crippen LogP) is 2.96. The highest BCUT2D eigenvalue weighted by molar-refractivity contribution is 6.22. The van der Waals surface area contributed by atoms with E-state index in [9.17, 15) is 14.4 Å². The van der Waals surface area contributed by atoms with Crippen molar-refractivity contribution in [1.29, 1.82) is 0 Å². The molecular formula is C21H20N2O5. The molecule has 4 rings (SSSR count). The van der Waals surface area contributed by atoms with Crippen LogP contribution in [0.4, 0.5) is 5.69 Å². The number of carbonyl (C=O) groups excluding carboxylic acids is 3. The molecule has 7 heteroatoms. The minimum absolute atomic E-state index is 0.167. The van der Waals surface area contributed by atoms with Gasteiger partial charge >= 0.3 is 0 Å². The lowest BCUT2D eigenvalue weighted by atomic mass is 10.1. The average Bonchev–Trinajstić information content (AvgIpc) is 2.92. The lowest BCUT2D eigenvalue weighted by Crippen LogP contribution is -2.33. The number of amides is 3. The Morgan fingerprint density at radius 3 is 2.46 bits per heavy atom. The predicted molar refractivity (Wildman–Crippen MR) is 102 cm³/mol. The third-order valence-corrected chi connectivity index (χ3v) is 4.58. The first-order valence-corrected chi connectivity index (χ1v) is 9.15. The van der Waals surface area contributed by atoms with E-state index in [1.807, 2.05) is 13.8 Å². The fourth-order valence-electron chi connectivity index (χ4n) is 3.29. The first kappa shape index (κ1) is 18.0. The van der Waals surface area contributed by atoms with Gasteiger partial charge in [0.25, 0.3) is 17.7 Å². The number of rotatable bonds is 4. The molecule has 2 heterocycles. The Bertz CT molecular complexity index is 983. The molecule has 0 spiro atoms. The molecule has 0 bridgehead atoms. The Labute approximate surface area is 162 Å². The van der Waals surface area contributed by atoms with Gasteiger partial charge < -0.3 is 14.8 Å². The number of imide groups is 1. The van der Waals surface area contributed by atoms with Crippen LogP contribution in [0.25, 0.3) is 0 Å². The third kappa shape index (κ3) is 3.19. The summed E-state index contributed by atoms with van der Waals surface area (Å²) in [5, 5.41) is 2.78. The van der Waals surface area contributed by atoms with Crippen LogP contribution in [0.3, 0.4) is 0 Å². The molecular weight excluding hydrogens is 360 g/mol. The highest BCUT2D eigenvalue weighted by Gasteiger charge is 2.36. The largest absolute Gasteiger partial charge is 0.486 e. The van der Waals surface area contributed by atoms with Crippen molar-refractivity contribution in [3.63, 3.8) is 0 Å². The van der Waals surface area contributed by atoms with Crippen molar-refractivity contribution >= 4 is 23.4 Å². The fourth-order valence-corrected chi connectivity index (χ4v) is 3.29. The van der Waals surface area contributed by atoms with Gasteiger partial charge in [-0.05, 0) is 36.2 Å². The maximum atomic E-state index is 12.6. The summed E-state index contributed by atoms with van der Waals surface area (Å²) in [5.41, 5.74) is 1.46. The molecule has 2 aliphatic heterocycles. The number of nitrogens with one attached hydrogen (secondary N) is 1. The first-order chi connectivity index (χ1) is 13.4. The number of nitrogens with zero attached hydrogens (tertiary/aromatic N) is 1. The van der Waals surface area contributed by atoms with E-state index in [1.54, 1.807) is 24.3 Å². The highest BCUT2D eigenvalue weighted by atomic mass is 16.6. The fraction of sp³-hybridized carbons (Fsp3) is 0.286. The molecule has 0 saturated heterocycles. The quantitative estimate of drug-likeness (QED) is 0.825. The van der Waals surface area contributed by atoms with E-state index >= 15 is 0 Å². The van der Waals surface area contributed by atoms with Gasteiger partial charge in [0.05, 0.1) is 11.1 Å². The van der Waals surface area contributed by atoms with E-state index in [-0.39, 0.29) is 29.2 Å². The Morgan fingerprint density at radius 2 is 1.71 bits per heavy atom. The zero-order valence-corrected chi connectivity index (χ0v) is 15.7. The van der Waals surface area contributed by atoms with Crippen LogP contribution in [-0.2, 0) is 0 Å². The van der Waals surface area contributed by atoms with Crippen LogP contribution in [0.15, 0.2) is 36.4 Å². The summed E-state index contributed by atoms with van der Waals surface area (Å²) in [5.74, 6) is 0.330. The van der Waals surface area contributed by atoms with E-state index in [0.717, 1.165) is 0 Å². The summed E-state index contributed by atoms with van der Waals surface area (Å²) in [6.45, 7) is 5.18. The number of hydrogen-bond donors (Lipinski definition) is 1. The van der Waals surface area contributed by atoms with E-state index < -0.39 is 0 Å². The van der Waals surface area contributed by atoms with Crippen molar-refractivity contribution in [2.75, 3.05) is 25.1 Å². The monoisotopic (exact) mass is 380 g/mol. The second-order valence-corrected chi connectivity index (χ2v) is 7.19. The Hall–Kier alpha value is -3.35. The molecule has 3 amide bonds. The van der Waals surface area contributed by atoms with Crippen molar-refractivity contribution in [3.8, 4) is 11.5 Å². The molecule has 2 aromatic rings. The number of hydrogen-bond acceptors (Lipinski definition) is 5. The van der Waals surface area contributed by atoms with Gasteiger partial charge in [-0.3, -0.25) is 19.3 Å². The van der Waals surface area contributed by atoms with Gasteiger partial charge in [-0.2, -0.15) is 0 Å². The van der Waals surface area contributed by atoms with Crippen LogP contribution in [0, 0.1) is 5.92 Å². The Balaban J connectivity index is 1.55. The second-order valence-electron chi connectivity index (χ2n) is 7.19. The molecule has 7 nitrogen and oxygen atoms in total.